The number of fused-ring (bicyclic) bond motifs is 1. The van der Waals surface area contributed by atoms with Gasteiger partial charge >= 0.3 is 0 Å². The molecule has 0 aromatic heterocycles. The van der Waals surface area contributed by atoms with Crippen molar-refractivity contribution in [3.63, 3.8) is 0 Å². The van der Waals surface area contributed by atoms with Crippen LogP contribution >= 0.6 is 23.4 Å². The first-order chi connectivity index (χ1) is 8.70. The van der Waals surface area contributed by atoms with Crippen molar-refractivity contribution in [1.82, 2.24) is 5.32 Å². The predicted molar refractivity (Wildman–Crippen MR) is 76.9 cm³/mol. The first kappa shape index (κ1) is 13.8. The monoisotopic (exact) mass is 287 g/mol. The second-order valence-corrected chi connectivity index (χ2v) is 5.77. The highest BCUT2D eigenvalue weighted by atomic mass is 35.5. The normalized spacial score (nSPS) is 14.8. The predicted octanol–water partition coefficient (Wildman–Crippen LogP) is 3.30. The molecule has 18 heavy (non-hydrogen) atoms. The molecule has 3 nitrogen and oxygen atoms in total. The number of halogens is 1. The molecule has 1 atom stereocenters. The Morgan fingerprint density at radius 3 is 3.06 bits per heavy atom. The zero-order chi connectivity index (χ0) is 13.0. The molecule has 1 heterocycles. The Kier molecular flexibility index (Phi) is 5.03. The summed E-state index contributed by atoms with van der Waals surface area (Å²) in [4.78, 5) is 0. The molecule has 1 aliphatic rings. The van der Waals surface area contributed by atoms with E-state index in [1.807, 2.05) is 23.9 Å². The Labute approximate surface area is 117 Å². The van der Waals surface area contributed by atoms with Gasteiger partial charge in [-0.1, -0.05) is 11.6 Å². The summed E-state index contributed by atoms with van der Waals surface area (Å²) >= 11 is 8.01. The van der Waals surface area contributed by atoms with Crippen LogP contribution in [0, 0.1) is 0 Å². The summed E-state index contributed by atoms with van der Waals surface area (Å²) in [5, 5.41) is 4.11. The summed E-state index contributed by atoms with van der Waals surface area (Å²) in [5.74, 6) is 2.59. The van der Waals surface area contributed by atoms with Crippen LogP contribution in [-0.2, 0) is 6.54 Å². The van der Waals surface area contributed by atoms with Crippen LogP contribution in [0.15, 0.2) is 12.1 Å². The van der Waals surface area contributed by atoms with Crippen molar-refractivity contribution in [2.45, 2.75) is 25.9 Å². The van der Waals surface area contributed by atoms with Gasteiger partial charge in [0.15, 0.2) is 11.5 Å². The van der Waals surface area contributed by atoms with Gasteiger partial charge in [0.25, 0.3) is 0 Å². The third-order valence-electron chi connectivity index (χ3n) is 2.90. The molecule has 0 aliphatic carbocycles. The van der Waals surface area contributed by atoms with Crippen molar-refractivity contribution in [2.24, 2.45) is 0 Å². The number of ether oxygens (including phenoxy) is 2. The van der Waals surface area contributed by atoms with Gasteiger partial charge in [-0.2, -0.15) is 11.8 Å². The lowest BCUT2D eigenvalue weighted by atomic mass is 10.2. The summed E-state index contributed by atoms with van der Waals surface area (Å²) in [6, 6.07) is 4.42. The van der Waals surface area contributed by atoms with E-state index in [1.54, 1.807) is 0 Å². The minimum atomic E-state index is 0.260. The molecule has 100 valence electrons. The van der Waals surface area contributed by atoms with Crippen LogP contribution in [0.4, 0.5) is 0 Å². The van der Waals surface area contributed by atoms with Crippen LogP contribution in [0.2, 0.25) is 5.02 Å². The molecule has 1 aliphatic heterocycles. The molecular formula is C13H18ClNO2S. The second-order valence-electron chi connectivity index (χ2n) is 4.37. The highest BCUT2D eigenvalue weighted by Crippen LogP contribution is 2.39. The summed E-state index contributed by atoms with van der Waals surface area (Å²) in [6.07, 6.45) is 3.30. The number of rotatable bonds is 6. The van der Waals surface area contributed by atoms with Gasteiger partial charge in [0.2, 0.25) is 6.79 Å². The molecule has 1 aromatic rings. The molecule has 0 radical (unpaired) electrons. The van der Waals surface area contributed by atoms with E-state index in [9.17, 15) is 0 Å². The molecule has 1 aromatic carbocycles. The van der Waals surface area contributed by atoms with Gasteiger partial charge in [0, 0.05) is 12.6 Å². The van der Waals surface area contributed by atoms with Crippen LogP contribution in [0.5, 0.6) is 11.5 Å². The van der Waals surface area contributed by atoms with Crippen LogP contribution in [0.3, 0.4) is 0 Å². The first-order valence-corrected chi connectivity index (χ1v) is 7.78. The summed E-state index contributed by atoms with van der Waals surface area (Å²) < 4.78 is 10.6. The fourth-order valence-corrected chi connectivity index (χ4v) is 2.69. The Morgan fingerprint density at radius 2 is 2.28 bits per heavy atom. The average Bonchev–Trinajstić information content (AvgIpc) is 2.82. The van der Waals surface area contributed by atoms with Gasteiger partial charge in [-0.05, 0) is 43.0 Å². The SMILES string of the molecule is CSCCC(C)NCc1cc(Cl)c2c(c1)OCO2. The second kappa shape index (κ2) is 6.55. The lowest BCUT2D eigenvalue weighted by Crippen LogP contribution is -2.25. The van der Waals surface area contributed by atoms with E-state index in [0.717, 1.165) is 17.9 Å². The Bertz CT molecular complexity index is 414. The van der Waals surface area contributed by atoms with Crippen molar-refractivity contribution in [1.29, 1.82) is 0 Å². The molecule has 1 N–H and O–H groups in total. The Hall–Kier alpha value is -0.580. The molecule has 1 unspecified atom stereocenters. The molecule has 0 saturated heterocycles. The number of benzene rings is 1. The number of hydrogen-bond donors (Lipinski definition) is 1. The Morgan fingerprint density at radius 1 is 1.44 bits per heavy atom. The highest BCUT2D eigenvalue weighted by molar-refractivity contribution is 7.98. The van der Waals surface area contributed by atoms with Gasteiger partial charge in [0.1, 0.15) is 0 Å². The molecule has 0 spiro atoms. The third-order valence-corrected chi connectivity index (χ3v) is 3.82. The van der Waals surface area contributed by atoms with Gasteiger partial charge in [-0.25, -0.2) is 0 Å². The molecule has 0 saturated carbocycles. The van der Waals surface area contributed by atoms with Crippen LogP contribution < -0.4 is 14.8 Å². The highest BCUT2D eigenvalue weighted by Gasteiger charge is 2.18. The maximum absolute atomic E-state index is 6.14. The quantitative estimate of drug-likeness (QED) is 0.870. The van der Waals surface area contributed by atoms with E-state index in [-0.39, 0.29) is 6.79 Å². The smallest absolute Gasteiger partial charge is 0.231 e. The van der Waals surface area contributed by atoms with Crippen molar-refractivity contribution in [2.75, 3.05) is 18.8 Å². The van der Waals surface area contributed by atoms with Crippen molar-refractivity contribution in [3.05, 3.63) is 22.7 Å². The summed E-state index contributed by atoms with van der Waals surface area (Å²) in [7, 11) is 0. The van der Waals surface area contributed by atoms with Crippen molar-refractivity contribution in [3.8, 4) is 11.5 Å². The van der Waals surface area contributed by atoms with E-state index in [1.165, 1.54) is 12.2 Å². The largest absolute Gasteiger partial charge is 0.454 e. The molecule has 0 bridgehead atoms. The van der Waals surface area contributed by atoms with Crippen molar-refractivity contribution < 1.29 is 9.47 Å². The van der Waals surface area contributed by atoms with E-state index < -0.39 is 0 Å². The lowest BCUT2D eigenvalue weighted by molar-refractivity contribution is 0.174. The molecule has 2 rings (SSSR count). The topological polar surface area (TPSA) is 30.5 Å². The number of nitrogens with one attached hydrogen (secondary N) is 1. The van der Waals surface area contributed by atoms with Gasteiger partial charge < -0.3 is 14.8 Å². The molecule has 5 heteroatoms. The van der Waals surface area contributed by atoms with Crippen LogP contribution in [0.25, 0.3) is 0 Å². The minimum Gasteiger partial charge on any atom is -0.454 e. The zero-order valence-electron chi connectivity index (χ0n) is 10.7. The number of thioether (sulfide) groups is 1. The van der Waals surface area contributed by atoms with Gasteiger partial charge in [0.05, 0.1) is 5.02 Å². The zero-order valence-corrected chi connectivity index (χ0v) is 12.2. The maximum Gasteiger partial charge on any atom is 0.231 e. The number of hydrogen-bond acceptors (Lipinski definition) is 4. The van der Waals surface area contributed by atoms with Crippen LogP contribution in [0.1, 0.15) is 18.9 Å². The minimum absolute atomic E-state index is 0.260. The van der Waals surface area contributed by atoms with E-state index in [2.05, 4.69) is 18.5 Å². The lowest BCUT2D eigenvalue weighted by Gasteiger charge is -2.13. The standard InChI is InChI=1S/C13H18ClNO2S/c1-9(3-4-18-2)15-7-10-5-11(14)13-12(6-10)16-8-17-13/h5-6,9,15H,3-4,7-8H2,1-2H3. The van der Waals surface area contributed by atoms with Gasteiger partial charge in [-0.3, -0.25) is 0 Å². The van der Waals surface area contributed by atoms with Gasteiger partial charge in [-0.15, -0.1) is 0 Å². The van der Waals surface area contributed by atoms with E-state index >= 15 is 0 Å². The fourth-order valence-electron chi connectivity index (χ4n) is 1.81. The van der Waals surface area contributed by atoms with E-state index in [0.29, 0.717) is 16.8 Å². The third kappa shape index (κ3) is 3.46. The maximum atomic E-state index is 6.14. The summed E-state index contributed by atoms with van der Waals surface area (Å²) in [5.41, 5.74) is 1.13. The first-order valence-electron chi connectivity index (χ1n) is 6.01. The molecule has 0 fully saturated rings. The molecule has 0 amide bonds. The molecular weight excluding hydrogens is 270 g/mol. The fraction of sp³-hybridized carbons (Fsp3) is 0.538. The van der Waals surface area contributed by atoms with Crippen LogP contribution in [-0.4, -0.2) is 24.8 Å². The van der Waals surface area contributed by atoms with Crippen molar-refractivity contribution >= 4 is 23.4 Å². The summed E-state index contributed by atoms with van der Waals surface area (Å²) in [6.45, 7) is 3.26. The van der Waals surface area contributed by atoms with E-state index in [4.69, 9.17) is 21.1 Å². The average molecular weight is 288 g/mol. The Balaban J connectivity index is 1.92.